The van der Waals surface area contributed by atoms with E-state index in [1.165, 1.54) is 12.8 Å². The van der Waals surface area contributed by atoms with Gasteiger partial charge in [-0.3, -0.25) is 9.59 Å². The van der Waals surface area contributed by atoms with Crippen LogP contribution in [0.3, 0.4) is 0 Å². The maximum atomic E-state index is 14.2. The number of carbonyl (C=O) groups is 2. The van der Waals surface area contributed by atoms with E-state index in [1.54, 1.807) is 4.90 Å². The van der Waals surface area contributed by atoms with Gasteiger partial charge in [0.1, 0.15) is 17.8 Å². The van der Waals surface area contributed by atoms with Gasteiger partial charge in [-0.2, -0.15) is 0 Å². The van der Waals surface area contributed by atoms with Crippen LogP contribution in [0.4, 0.5) is 5.69 Å². The molecule has 3 aromatic carbocycles. The molecule has 3 aliphatic heterocycles. The van der Waals surface area contributed by atoms with Crippen LogP contribution in [0, 0.1) is 5.92 Å². The highest BCUT2D eigenvalue weighted by Crippen LogP contribution is 2.55. The third kappa shape index (κ3) is 3.11. The fraction of sp³-hybridized carbons (Fsp3) is 0.286. The van der Waals surface area contributed by atoms with Crippen LogP contribution in [0.5, 0.6) is 17.2 Å². The first-order valence-electron chi connectivity index (χ1n) is 12.0. The minimum atomic E-state index is -0.938. The van der Waals surface area contributed by atoms with Crippen LogP contribution < -0.4 is 24.4 Å². The largest absolute Gasteiger partial charge is 0.491 e. The quantitative estimate of drug-likeness (QED) is 0.617. The highest BCUT2D eigenvalue weighted by Gasteiger charge is 2.57. The van der Waals surface area contributed by atoms with Gasteiger partial charge in [0, 0.05) is 29.4 Å². The van der Waals surface area contributed by atoms with E-state index in [0.29, 0.717) is 35.3 Å². The third-order valence-electron chi connectivity index (χ3n) is 7.42. The van der Waals surface area contributed by atoms with Crippen LogP contribution in [0.15, 0.2) is 60.7 Å². The van der Waals surface area contributed by atoms with Gasteiger partial charge in [0.05, 0.1) is 6.54 Å². The SMILES string of the molecule is O=C(NCC1CC1)c1cccc(CN2C(=O)C3(COc4cc5c(cc43)OCO5)c3ccccc32)c1. The van der Waals surface area contributed by atoms with E-state index in [-0.39, 0.29) is 25.2 Å². The smallest absolute Gasteiger partial charge is 0.251 e. The number of hydrogen-bond donors (Lipinski definition) is 1. The standard InChI is InChI=1S/C28H24N2O5/c31-26(29-13-17-8-9-17)19-5-3-4-18(10-19)14-30-22-7-2-1-6-20(22)28(27(30)32)15-33-23-12-25-24(11-21(23)28)34-16-35-25/h1-7,10-12,17H,8-9,13-16H2,(H,29,31). The van der Waals surface area contributed by atoms with Gasteiger partial charge in [0.25, 0.3) is 5.91 Å². The summed E-state index contributed by atoms with van der Waals surface area (Å²) in [6.45, 7) is 1.47. The summed E-state index contributed by atoms with van der Waals surface area (Å²) in [4.78, 5) is 28.6. The van der Waals surface area contributed by atoms with E-state index < -0.39 is 5.41 Å². The Morgan fingerprint density at radius 3 is 2.63 bits per heavy atom. The first-order chi connectivity index (χ1) is 17.1. The van der Waals surface area contributed by atoms with E-state index in [2.05, 4.69) is 5.32 Å². The predicted molar refractivity (Wildman–Crippen MR) is 128 cm³/mol. The Labute approximate surface area is 202 Å². The monoisotopic (exact) mass is 468 g/mol. The molecule has 1 N–H and O–H groups in total. The van der Waals surface area contributed by atoms with Crippen LogP contribution in [0.1, 0.15) is 39.9 Å². The molecule has 0 saturated heterocycles. The number of anilines is 1. The lowest BCUT2D eigenvalue weighted by Crippen LogP contribution is -2.42. The Kier molecular flexibility index (Phi) is 4.37. The number of ether oxygens (including phenoxy) is 3. The van der Waals surface area contributed by atoms with Gasteiger partial charge in [0.2, 0.25) is 12.7 Å². The average Bonchev–Trinajstić information content (AvgIpc) is 3.40. The van der Waals surface area contributed by atoms with E-state index in [9.17, 15) is 9.59 Å². The maximum absolute atomic E-state index is 14.2. The van der Waals surface area contributed by atoms with Crippen LogP contribution in [0.25, 0.3) is 0 Å². The minimum absolute atomic E-state index is 0.0418. The average molecular weight is 469 g/mol. The zero-order valence-electron chi connectivity index (χ0n) is 19.1. The Bertz CT molecular complexity index is 1380. The predicted octanol–water partition coefficient (Wildman–Crippen LogP) is 3.78. The normalized spacial score (nSPS) is 21.1. The molecule has 1 unspecified atom stereocenters. The van der Waals surface area contributed by atoms with Crippen LogP contribution in [-0.4, -0.2) is 31.8 Å². The van der Waals surface area contributed by atoms with Gasteiger partial charge < -0.3 is 24.4 Å². The summed E-state index contributed by atoms with van der Waals surface area (Å²) in [6, 6.07) is 19.1. The molecule has 1 fully saturated rings. The molecule has 3 heterocycles. The first-order valence-corrected chi connectivity index (χ1v) is 12.0. The molecule has 1 aliphatic carbocycles. The summed E-state index contributed by atoms with van der Waals surface area (Å²) in [5, 5.41) is 3.02. The zero-order valence-corrected chi connectivity index (χ0v) is 19.1. The molecule has 0 radical (unpaired) electrons. The number of hydrogen-bond acceptors (Lipinski definition) is 5. The molecule has 176 valence electrons. The van der Waals surface area contributed by atoms with Gasteiger partial charge in [-0.1, -0.05) is 30.3 Å². The van der Waals surface area contributed by atoms with Gasteiger partial charge >= 0.3 is 0 Å². The topological polar surface area (TPSA) is 77.1 Å². The summed E-state index contributed by atoms with van der Waals surface area (Å²) in [6.07, 6.45) is 2.38. The molecular formula is C28H24N2O5. The number of rotatable bonds is 5. The third-order valence-corrected chi connectivity index (χ3v) is 7.42. The molecule has 4 aliphatic rings. The van der Waals surface area contributed by atoms with Crippen LogP contribution in [-0.2, 0) is 16.8 Å². The Balaban J connectivity index is 1.23. The second-order valence-corrected chi connectivity index (χ2v) is 9.66. The molecule has 0 bridgehead atoms. The van der Waals surface area contributed by atoms with Crippen molar-refractivity contribution >= 4 is 17.5 Å². The zero-order chi connectivity index (χ0) is 23.6. The highest BCUT2D eigenvalue weighted by molar-refractivity contribution is 6.11. The van der Waals surface area contributed by atoms with Crippen molar-refractivity contribution in [1.29, 1.82) is 0 Å². The maximum Gasteiger partial charge on any atom is 0.251 e. The number of fused-ring (bicyclic) bond motifs is 5. The fourth-order valence-corrected chi connectivity index (χ4v) is 5.38. The molecule has 7 heteroatoms. The Morgan fingerprint density at radius 1 is 0.943 bits per heavy atom. The second kappa shape index (κ2) is 7.50. The molecule has 1 atom stereocenters. The van der Waals surface area contributed by atoms with Crippen LogP contribution >= 0.6 is 0 Å². The van der Waals surface area contributed by atoms with E-state index in [0.717, 1.165) is 28.9 Å². The van der Waals surface area contributed by atoms with E-state index in [1.807, 2.05) is 60.7 Å². The van der Waals surface area contributed by atoms with Crippen molar-refractivity contribution in [1.82, 2.24) is 5.32 Å². The molecule has 35 heavy (non-hydrogen) atoms. The minimum Gasteiger partial charge on any atom is -0.491 e. The molecule has 1 saturated carbocycles. The summed E-state index contributed by atoms with van der Waals surface area (Å²) in [7, 11) is 0. The van der Waals surface area contributed by atoms with Crippen molar-refractivity contribution in [3.63, 3.8) is 0 Å². The van der Waals surface area contributed by atoms with E-state index >= 15 is 0 Å². The number of amides is 2. The lowest BCUT2D eigenvalue weighted by Gasteiger charge is -2.23. The Hall–Kier alpha value is -4.00. The van der Waals surface area contributed by atoms with Gasteiger partial charge in [-0.05, 0) is 54.2 Å². The molecule has 7 rings (SSSR count). The second-order valence-electron chi connectivity index (χ2n) is 9.66. The number of para-hydroxylation sites is 1. The molecule has 7 nitrogen and oxygen atoms in total. The summed E-state index contributed by atoms with van der Waals surface area (Å²) >= 11 is 0. The molecule has 1 spiro atoms. The van der Waals surface area contributed by atoms with Crippen LogP contribution in [0.2, 0.25) is 0 Å². The molecular weight excluding hydrogens is 444 g/mol. The van der Waals surface area contributed by atoms with Crippen molar-refractivity contribution < 1.29 is 23.8 Å². The van der Waals surface area contributed by atoms with Crippen molar-refractivity contribution in [2.24, 2.45) is 5.92 Å². The number of benzene rings is 3. The summed E-state index contributed by atoms with van der Waals surface area (Å²) in [5.74, 6) is 2.41. The number of nitrogens with zero attached hydrogens (tertiary/aromatic N) is 1. The van der Waals surface area contributed by atoms with Crippen molar-refractivity contribution in [3.05, 3.63) is 82.9 Å². The first kappa shape index (κ1) is 20.4. The Morgan fingerprint density at radius 2 is 1.77 bits per heavy atom. The lowest BCUT2D eigenvalue weighted by molar-refractivity contribution is -0.122. The summed E-state index contributed by atoms with van der Waals surface area (Å²) in [5.41, 5.74) is 3.15. The molecule has 2 amide bonds. The highest BCUT2D eigenvalue weighted by atomic mass is 16.7. The fourth-order valence-electron chi connectivity index (χ4n) is 5.38. The molecule has 0 aromatic heterocycles. The van der Waals surface area contributed by atoms with Gasteiger partial charge in [-0.25, -0.2) is 0 Å². The van der Waals surface area contributed by atoms with Crippen molar-refractivity contribution in [2.45, 2.75) is 24.8 Å². The number of carbonyl (C=O) groups excluding carboxylic acids is 2. The lowest BCUT2D eigenvalue weighted by atomic mass is 9.77. The van der Waals surface area contributed by atoms with E-state index in [4.69, 9.17) is 14.2 Å². The molecule has 3 aromatic rings. The van der Waals surface area contributed by atoms with Crippen molar-refractivity contribution in [2.75, 3.05) is 24.8 Å². The van der Waals surface area contributed by atoms with Gasteiger partial charge in [0.15, 0.2) is 11.5 Å². The van der Waals surface area contributed by atoms with Gasteiger partial charge in [-0.15, -0.1) is 0 Å². The van der Waals surface area contributed by atoms with Crippen molar-refractivity contribution in [3.8, 4) is 17.2 Å². The summed E-state index contributed by atoms with van der Waals surface area (Å²) < 4.78 is 17.2. The number of nitrogens with one attached hydrogen (secondary N) is 1.